The molecule has 0 aromatic carbocycles. The predicted octanol–water partition coefficient (Wildman–Crippen LogP) is -8.77. The molecule has 35 heavy (non-hydrogen) atoms. The molecule has 2 saturated heterocycles. The Bertz CT molecular complexity index is 636. The normalized spacial score (nSPS) is 39.9. The molecule has 0 aromatic rings. The zero-order valence-corrected chi connectivity index (χ0v) is 18.3. The van der Waals surface area contributed by atoms with Crippen LogP contribution in [0.2, 0.25) is 0 Å². The van der Waals surface area contributed by atoms with Gasteiger partial charge in [0.15, 0.2) is 12.1 Å². The van der Waals surface area contributed by atoms with Crippen molar-refractivity contribution in [3.8, 4) is 0 Å². The lowest BCUT2D eigenvalue weighted by atomic mass is 9.99. The summed E-state index contributed by atoms with van der Waals surface area (Å²) in [6, 6.07) is 0. The van der Waals surface area contributed by atoms with E-state index in [9.17, 15) is 35.4 Å². The molecule has 0 bridgehead atoms. The van der Waals surface area contributed by atoms with Crippen LogP contribution < -0.4 is 0 Å². The second kappa shape index (κ2) is 14.1. The first-order valence-electron chi connectivity index (χ1n) is 10.4. The number of ketones is 1. The zero-order valence-electron chi connectivity index (χ0n) is 18.3. The van der Waals surface area contributed by atoms with Crippen LogP contribution in [-0.4, -0.2) is 178 Å². The molecule has 0 amide bonds. The van der Waals surface area contributed by atoms with Crippen molar-refractivity contribution in [3.63, 3.8) is 0 Å². The van der Waals surface area contributed by atoms with Crippen LogP contribution in [0.25, 0.3) is 0 Å². The number of rotatable bonds is 10. The van der Waals surface area contributed by atoms with Gasteiger partial charge in [0.05, 0.1) is 19.8 Å². The quantitative estimate of drug-likeness (QED) is 0.127. The molecule has 17 heteroatoms. The first-order valence-corrected chi connectivity index (χ1v) is 10.4. The Kier molecular flexibility index (Phi) is 12.9. The zero-order chi connectivity index (χ0) is 27.1. The van der Waals surface area contributed by atoms with Crippen molar-refractivity contribution in [2.75, 3.05) is 33.0 Å². The molecule has 2 rings (SSSR count). The van der Waals surface area contributed by atoms with E-state index in [-0.39, 0.29) is 0 Å². The highest BCUT2D eigenvalue weighted by molar-refractivity contribution is 5.84. The van der Waals surface area contributed by atoms with Crippen molar-refractivity contribution in [1.82, 2.24) is 0 Å². The second-order valence-electron chi connectivity index (χ2n) is 7.87. The van der Waals surface area contributed by atoms with Crippen LogP contribution in [0.4, 0.5) is 0 Å². The monoisotopic (exact) mass is 522 g/mol. The van der Waals surface area contributed by atoms with Gasteiger partial charge >= 0.3 is 0 Å². The van der Waals surface area contributed by atoms with Crippen LogP contribution in [0.15, 0.2) is 0 Å². The van der Waals surface area contributed by atoms with Crippen molar-refractivity contribution in [3.05, 3.63) is 0 Å². The lowest BCUT2D eigenvalue weighted by Gasteiger charge is -2.43. The molecule has 0 aromatic heterocycles. The lowest BCUT2D eigenvalue weighted by molar-refractivity contribution is -0.383. The summed E-state index contributed by atoms with van der Waals surface area (Å²) < 4.78 is 15.4. The van der Waals surface area contributed by atoms with E-state index < -0.39 is 112 Å². The maximum atomic E-state index is 10.5. The molecule has 0 spiro atoms. The fraction of sp³-hybridized carbons (Fsp3) is 0.944. The fourth-order valence-corrected chi connectivity index (χ4v) is 3.23. The van der Waals surface area contributed by atoms with Gasteiger partial charge in [0.25, 0.3) is 0 Å². The molecule has 17 nitrogen and oxygen atoms in total. The third-order valence-electron chi connectivity index (χ3n) is 5.46. The first kappa shape index (κ1) is 32.1. The van der Waals surface area contributed by atoms with Crippen LogP contribution in [0.5, 0.6) is 0 Å². The van der Waals surface area contributed by atoms with E-state index in [1.807, 2.05) is 0 Å². The van der Waals surface area contributed by atoms with Crippen molar-refractivity contribution in [2.24, 2.45) is 0 Å². The molecule has 1 unspecified atom stereocenters. The molecule has 2 aliphatic heterocycles. The van der Waals surface area contributed by atoms with Gasteiger partial charge in [0, 0.05) is 0 Å². The van der Waals surface area contributed by atoms with Gasteiger partial charge in [-0.25, -0.2) is 0 Å². The molecule has 208 valence electrons. The topological polar surface area (TPSA) is 308 Å². The Labute approximate surface area is 198 Å². The summed E-state index contributed by atoms with van der Waals surface area (Å²) in [6.45, 7) is -4.01. The molecule has 2 fully saturated rings. The maximum Gasteiger partial charge on any atom is 0.224 e. The highest BCUT2D eigenvalue weighted by atomic mass is 16.8. The minimum absolute atomic E-state index is 0.669. The summed E-state index contributed by atoms with van der Waals surface area (Å²) in [4.78, 5) is 10.5. The molecule has 2 heterocycles. The number of hydrogen-bond acceptors (Lipinski definition) is 17. The second-order valence-corrected chi connectivity index (χ2v) is 7.87. The van der Waals surface area contributed by atoms with E-state index in [1.54, 1.807) is 0 Å². The maximum absolute atomic E-state index is 10.5. The lowest BCUT2D eigenvalue weighted by Crippen LogP contribution is -2.62. The summed E-state index contributed by atoms with van der Waals surface area (Å²) in [6.07, 6.45) is -17.9. The van der Waals surface area contributed by atoms with E-state index in [0.29, 0.717) is 0 Å². The smallest absolute Gasteiger partial charge is 0.224 e. The van der Waals surface area contributed by atoms with E-state index >= 15 is 0 Å². The predicted molar refractivity (Wildman–Crippen MR) is 106 cm³/mol. The van der Waals surface area contributed by atoms with Crippen molar-refractivity contribution in [2.45, 2.75) is 73.1 Å². The highest BCUT2D eigenvalue weighted by Crippen LogP contribution is 2.35. The third-order valence-corrected chi connectivity index (χ3v) is 5.46. The van der Waals surface area contributed by atoms with E-state index in [0.717, 1.165) is 0 Å². The van der Waals surface area contributed by atoms with Gasteiger partial charge in [-0.05, 0) is 0 Å². The van der Waals surface area contributed by atoms with Gasteiger partial charge in [0.2, 0.25) is 5.79 Å². The number of hydrogen-bond donors (Lipinski definition) is 13. The Morgan fingerprint density at radius 3 is 1.83 bits per heavy atom. The molecular formula is C18H34O17. The molecule has 12 atom stereocenters. The van der Waals surface area contributed by atoms with Gasteiger partial charge in [-0.1, -0.05) is 0 Å². The van der Waals surface area contributed by atoms with Crippen LogP contribution in [0.3, 0.4) is 0 Å². The standard InChI is InChI=1S/C12H22O11.C6H12O6/c13-1-4-6(16)8(18)9(19)11(21-4)23-12(3-15)10(20)7(17)5(2-14)22-12;7-1-3(9)5(11)6(12)4(10)2-8/h4-11,13-20H,1-3H2;3,5-9,11-12H,1-2H2/t4-,5-,6-,7-,8+,9-,10+,11-,12?;3-,5-,6+/m10/s1. The third kappa shape index (κ3) is 7.29. The minimum Gasteiger partial charge on any atom is -0.394 e. The summed E-state index contributed by atoms with van der Waals surface area (Å²) in [5.41, 5.74) is 0. The molecular weight excluding hydrogens is 488 g/mol. The Hall–Kier alpha value is -0.970. The van der Waals surface area contributed by atoms with Crippen LogP contribution in [0, 0.1) is 0 Å². The average molecular weight is 522 g/mol. The Morgan fingerprint density at radius 1 is 0.829 bits per heavy atom. The van der Waals surface area contributed by atoms with Crippen molar-refractivity contribution >= 4 is 5.78 Å². The van der Waals surface area contributed by atoms with Gasteiger partial charge < -0.3 is 80.6 Å². The van der Waals surface area contributed by atoms with Crippen LogP contribution in [-0.2, 0) is 19.0 Å². The fourth-order valence-electron chi connectivity index (χ4n) is 3.23. The minimum atomic E-state index is -2.22. The summed E-state index contributed by atoms with van der Waals surface area (Å²) in [5, 5.41) is 120. The Morgan fingerprint density at radius 2 is 1.40 bits per heavy atom. The van der Waals surface area contributed by atoms with E-state index in [1.165, 1.54) is 0 Å². The van der Waals surface area contributed by atoms with E-state index in [4.69, 9.17) is 50.0 Å². The van der Waals surface area contributed by atoms with Crippen molar-refractivity contribution < 1.29 is 85.4 Å². The van der Waals surface area contributed by atoms with Crippen LogP contribution in [0.1, 0.15) is 0 Å². The largest absolute Gasteiger partial charge is 0.394 e. The average Bonchev–Trinajstić information content (AvgIpc) is 3.12. The SMILES string of the molecule is O=C(CO)[C@@H](O)[C@@H](O)[C@@H](O)CO.OC[C@H]1OC(CO)(O[C@H]2O[C@H](CO)[C@@H](O)[C@H](O)[C@H]2O)[C@@H](O)[C@@H]1O. The number of carbonyl (C=O) groups is 1. The van der Waals surface area contributed by atoms with E-state index in [2.05, 4.69) is 0 Å². The van der Waals surface area contributed by atoms with Gasteiger partial charge in [-0.15, -0.1) is 0 Å². The highest BCUT2D eigenvalue weighted by Gasteiger charge is 2.58. The number of aliphatic hydroxyl groups is 13. The number of Topliss-reactive ketones (excluding diaryl/α,β-unsaturated/α-hetero) is 1. The molecule has 0 aliphatic carbocycles. The molecule has 0 radical (unpaired) electrons. The molecule has 0 saturated carbocycles. The Balaban J connectivity index is 0.000000434. The number of ether oxygens (including phenoxy) is 3. The summed E-state index contributed by atoms with van der Waals surface area (Å²) in [5.74, 6) is -3.23. The van der Waals surface area contributed by atoms with Crippen molar-refractivity contribution in [1.29, 1.82) is 0 Å². The number of carbonyl (C=O) groups excluding carboxylic acids is 1. The first-order chi connectivity index (χ1) is 16.3. The molecule has 2 aliphatic rings. The number of aliphatic hydroxyl groups excluding tert-OH is 13. The van der Waals surface area contributed by atoms with Gasteiger partial charge in [-0.3, -0.25) is 4.79 Å². The summed E-state index contributed by atoms with van der Waals surface area (Å²) >= 11 is 0. The van der Waals surface area contributed by atoms with Gasteiger partial charge in [-0.2, -0.15) is 0 Å². The van der Waals surface area contributed by atoms with Crippen LogP contribution >= 0.6 is 0 Å². The molecule has 13 N–H and O–H groups in total. The van der Waals surface area contributed by atoms with Gasteiger partial charge in [0.1, 0.15) is 74.3 Å². The summed E-state index contributed by atoms with van der Waals surface area (Å²) in [7, 11) is 0.